The molecule has 0 bridgehead atoms. The van der Waals surface area contributed by atoms with Crippen LogP contribution in [0.2, 0.25) is 0 Å². The summed E-state index contributed by atoms with van der Waals surface area (Å²) in [7, 11) is 4.35. The number of imidazole rings is 4. The van der Waals surface area contributed by atoms with E-state index in [2.05, 4.69) is 130 Å². The number of nitrogens with one attached hydrogen (secondary N) is 7. The molecule has 0 radical (unpaired) electrons. The van der Waals surface area contributed by atoms with E-state index < -0.39 is 0 Å². The molecule has 0 atom stereocenters. The van der Waals surface area contributed by atoms with E-state index in [0.717, 1.165) is 186 Å². The summed E-state index contributed by atoms with van der Waals surface area (Å²) in [5.41, 5.74) is 13.8. The van der Waals surface area contributed by atoms with Gasteiger partial charge in [-0.1, -0.05) is 24.3 Å². The zero-order valence-electron chi connectivity index (χ0n) is 48.1. The first-order valence-corrected chi connectivity index (χ1v) is 29.8. The van der Waals surface area contributed by atoms with Gasteiger partial charge in [-0.15, -0.1) is 0 Å². The molecule has 4 aromatic heterocycles. The molecule has 10 aromatic rings. The molecule has 19 nitrogen and oxygen atoms in total. The highest BCUT2D eigenvalue weighted by Gasteiger charge is 2.19. The highest BCUT2D eigenvalue weighted by atomic mass is 16.5. The van der Waals surface area contributed by atoms with Gasteiger partial charge in [-0.3, -0.25) is 9.59 Å². The van der Waals surface area contributed by atoms with Crippen LogP contribution in [0.4, 0.5) is 11.4 Å². The lowest BCUT2D eigenvalue weighted by Gasteiger charge is -2.34. The number of aromatic nitrogens is 8. The van der Waals surface area contributed by atoms with E-state index >= 15 is 0 Å². The minimum atomic E-state index is 0.0213. The van der Waals surface area contributed by atoms with Crippen molar-refractivity contribution in [3.05, 3.63) is 121 Å². The first kappa shape index (κ1) is 55.7. The van der Waals surface area contributed by atoms with Gasteiger partial charge in [-0.25, -0.2) is 19.9 Å². The molecule has 0 unspecified atom stereocenters. The molecule has 19 heteroatoms. The molecule has 6 aromatic carbocycles. The molecular weight excluding hydrogens is 1050 g/mol. The smallest absolute Gasteiger partial charge is 0.220 e. The van der Waals surface area contributed by atoms with Gasteiger partial charge in [0.1, 0.15) is 34.8 Å². The number of aromatic amines is 4. The van der Waals surface area contributed by atoms with Crippen LogP contribution in [0.15, 0.2) is 121 Å². The van der Waals surface area contributed by atoms with Crippen molar-refractivity contribution in [2.75, 3.05) is 116 Å². The van der Waals surface area contributed by atoms with Crippen LogP contribution in [0, 0.1) is 0 Å². The number of piperazine rings is 2. The van der Waals surface area contributed by atoms with Gasteiger partial charge in [0.2, 0.25) is 11.8 Å². The minimum absolute atomic E-state index is 0.0213. The maximum Gasteiger partial charge on any atom is 0.220 e. The van der Waals surface area contributed by atoms with Gasteiger partial charge < -0.3 is 65.0 Å². The predicted molar refractivity (Wildman–Crippen MR) is 335 cm³/mol. The molecule has 6 heterocycles. The Balaban J connectivity index is 0.491. The summed E-state index contributed by atoms with van der Waals surface area (Å²) in [6, 6.07) is 41.1. The van der Waals surface area contributed by atoms with Crippen LogP contribution in [0.25, 0.3) is 89.7 Å². The Morgan fingerprint density at radius 1 is 0.429 bits per heavy atom. The lowest BCUT2D eigenvalue weighted by molar-refractivity contribution is -0.122. The summed E-state index contributed by atoms with van der Waals surface area (Å²) >= 11 is 0. The van der Waals surface area contributed by atoms with E-state index in [9.17, 15) is 9.59 Å². The molecule has 12 rings (SSSR count). The number of benzene rings is 6. The number of ether oxygens (including phenoxy) is 2. The zero-order chi connectivity index (χ0) is 57.2. The summed E-state index contributed by atoms with van der Waals surface area (Å²) in [6.45, 7) is 12.1. The van der Waals surface area contributed by atoms with E-state index in [1.54, 1.807) is 0 Å². The largest absolute Gasteiger partial charge is 0.494 e. The average molecular weight is 1130 g/mol. The van der Waals surface area contributed by atoms with Crippen LogP contribution in [0.5, 0.6) is 11.5 Å². The number of likely N-dealkylation sites (N-methyl/N-ethyl adjacent to an activating group) is 2. The van der Waals surface area contributed by atoms with Crippen LogP contribution in [0.1, 0.15) is 44.9 Å². The molecule has 2 fully saturated rings. The standard InChI is InChI=1S/C65H75N15O4/c1-77-28-32-79(33-29-77)48-18-22-54-58(42-48)75-64(71-54)46-16-20-52-56(40-46)73-62(69-52)44-10-5-12-50(38-44)83-36-7-14-60(81)67-26-4-3-24-66-25-9-27-68-61(82)15-8-37-84-51-13-6-11-45(39-51)63-70-53-21-17-47(41-57(53)74-63)65-72-55-23-19-49(43-59(55)76-65)80-34-30-78(2)31-35-80/h5-6,10-13,16-23,38-43,66H,3-4,7-9,14-15,24-37H2,1-2H3,(H,67,81)(H,68,82)(H,69,73)(H,70,74)(H,71,75)(H,72,76). The van der Waals surface area contributed by atoms with Gasteiger partial charge in [0, 0.05) is 112 Å². The quantitative estimate of drug-likeness (QED) is 0.0266. The number of carbonyl (C=O) groups is 2. The highest BCUT2D eigenvalue weighted by molar-refractivity contribution is 5.89. The Labute approximate surface area is 489 Å². The fraction of sp³-hybridized carbons (Fsp3) is 0.354. The van der Waals surface area contributed by atoms with Gasteiger partial charge in [-0.2, -0.15) is 0 Å². The highest BCUT2D eigenvalue weighted by Crippen LogP contribution is 2.32. The van der Waals surface area contributed by atoms with Crippen LogP contribution in [0.3, 0.4) is 0 Å². The van der Waals surface area contributed by atoms with Crippen LogP contribution < -0.4 is 35.2 Å². The molecule has 7 N–H and O–H groups in total. The Morgan fingerprint density at radius 2 is 0.810 bits per heavy atom. The van der Waals surface area contributed by atoms with Crippen molar-refractivity contribution in [1.82, 2.24) is 65.6 Å². The van der Waals surface area contributed by atoms with Crippen molar-refractivity contribution in [2.24, 2.45) is 0 Å². The molecule has 0 aliphatic carbocycles. The first-order valence-electron chi connectivity index (χ1n) is 29.8. The number of amides is 2. The molecule has 0 saturated carbocycles. The summed E-state index contributed by atoms with van der Waals surface area (Å²) < 4.78 is 12.1. The minimum Gasteiger partial charge on any atom is -0.494 e. The number of hydrogen-bond acceptors (Lipinski definition) is 13. The topological polar surface area (TPSA) is 216 Å². The van der Waals surface area contributed by atoms with E-state index in [1.165, 1.54) is 11.4 Å². The number of H-pyrrole nitrogens is 4. The Morgan fingerprint density at radius 3 is 1.26 bits per heavy atom. The van der Waals surface area contributed by atoms with Crippen molar-refractivity contribution >= 4 is 67.3 Å². The summed E-state index contributed by atoms with van der Waals surface area (Å²) in [6.07, 6.45) is 4.69. The van der Waals surface area contributed by atoms with Crippen molar-refractivity contribution in [2.45, 2.75) is 44.9 Å². The summed E-state index contributed by atoms with van der Waals surface area (Å²) in [5.74, 6) is 4.67. The lowest BCUT2D eigenvalue weighted by Crippen LogP contribution is -2.44. The third-order valence-electron chi connectivity index (χ3n) is 16.0. The molecule has 84 heavy (non-hydrogen) atoms. The number of fused-ring (bicyclic) bond motifs is 4. The van der Waals surface area contributed by atoms with Crippen molar-refractivity contribution in [3.63, 3.8) is 0 Å². The second-order valence-electron chi connectivity index (χ2n) is 22.3. The third kappa shape index (κ3) is 13.8. The molecule has 434 valence electrons. The molecule has 2 aliphatic heterocycles. The fourth-order valence-corrected chi connectivity index (χ4v) is 11.0. The zero-order valence-corrected chi connectivity index (χ0v) is 48.1. The molecule has 2 aliphatic rings. The maximum absolute atomic E-state index is 12.6. The lowest BCUT2D eigenvalue weighted by atomic mass is 10.2. The monoisotopic (exact) mass is 1130 g/mol. The van der Waals surface area contributed by atoms with E-state index in [1.807, 2.05) is 60.7 Å². The van der Waals surface area contributed by atoms with Crippen LogP contribution in [-0.2, 0) is 9.59 Å². The van der Waals surface area contributed by atoms with Crippen molar-refractivity contribution in [1.29, 1.82) is 0 Å². The fourth-order valence-electron chi connectivity index (χ4n) is 11.0. The molecule has 2 saturated heterocycles. The SMILES string of the molecule is CN1CCN(c2ccc3nc(-c4ccc5nc(-c6cccc(OCCCC(=O)NCCCCNCCCNC(=O)CCCOc7cccc(-c8nc9ccc(-c%10nc%11ccc(N%12CCN(C)CC%12)cc%11[nH]%10)cc9[nH]8)c7)c6)[nH]c5c4)[nH]c3c2)CC1. The third-order valence-corrected chi connectivity index (χ3v) is 16.0. The Bertz CT molecular complexity index is 3620. The summed E-state index contributed by atoms with van der Waals surface area (Å²) in [5, 5.41) is 9.51. The van der Waals surface area contributed by atoms with Gasteiger partial charge in [0.15, 0.2) is 0 Å². The maximum atomic E-state index is 12.6. The van der Waals surface area contributed by atoms with Crippen molar-refractivity contribution in [3.8, 4) is 57.1 Å². The normalized spacial score (nSPS) is 14.3. The summed E-state index contributed by atoms with van der Waals surface area (Å²) in [4.78, 5) is 68.4. The number of anilines is 2. The van der Waals surface area contributed by atoms with Gasteiger partial charge in [0.25, 0.3) is 0 Å². The predicted octanol–water partition coefficient (Wildman–Crippen LogP) is 9.37. The van der Waals surface area contributed by atoms with Gasteiger partial charge >= 0.3 is 0 Å². The Kier molecular flexibility index (Phi) is 17.4. The van der Waals surface area contributed by atoms with Crippen LogP contribution in [-0.4, -0.2) is 167 Å². The average Bonchev–Trinajstić information content (AvgIpc) is 3.99. The van der Waals surface area contributed by atoms with Crippen LogP contribution >= 0.6 is 0 Å². The molecule has 0 spiro atoms. The number of rotatable bonds is 25. The number of carbonyl (C=O) groups excluding carboxylic acids is 2. The molecule has 2 amide bonds. The number of hydrogen-bond donors (Lipinski definition) is 7. The van der Waals surface area contributed by atoms with Gasteiger partial charge in [-0.05, 0) is 156 Å². The van der Waals surface area contributed by atoms with Gasteiger partial charge in [0.05, 0.1) is 57.3 Å². The second kappa shape index (κ2) is 26.2. The first-order chi connectivity index (χ1) is 41.2. The van der Waals surface area contributed by atoms with E-state index in [4.69, 9.17) is 29.4 Å². The number of nitrogens with zero attached hydrogens (tertiary/aromatic N) is 8. The molecular formula is C65H75N15O4. The second-order valence-corrected chi connectivity index (χ2v) is 22.3. The Hall–Kier alpha value is -8.78. The van der Waals surface area contributed by atoms with Crippen molar-refractivity contribution < 1.29 is 19.1 Å². The van der Waals surface area contributed by atoms with E-state index in [-0.39, 0.29) is 11.8 Å². The number of unbranched alkanes of at least 4 members (excludes halogenated alkanes) is 1. The van der Waals surface area contributed by atoms with E-state index in [0.29, 0.717) is 52.0 Å².